The van der Waals surface area contributed by atoms with Crippen LogP contribution < -0.4 is 19.5 Å². The topological polar surface area (TPSA) is 48.3 Å². The zero-order chi connectivity index (χ0) is 20.3. The van der Waals surface area contributed by atoms with Gasteiger partial charge < -0.3 is 9.30 Å². The van der Waals surface area contributed by atoms with E-state index >= 15 is 0 Å². The van der Waals surface area contributed by atoms with Crippen LogP contribution in [0.15, 0.2) is 53.3 Å². The third-order valence-corrected chi connectivity index (χ3v) is 5.26. The third-order valence-electron chi connectivity index (χ3n) is 4.15. The van der Waals surface area contributed by atoms with E-state index in [1.165, 1.54) is 22.8 Å². The van der Waals surface area contributed by atoms with Crippen molar-refractivity contribution in [2.24, 2.45) is 7.05 Å². The molecule has 4 nitrogen and oxygen atoms in total. The van der Waals surface area contributed by atoms with Crippen LogP contribution in [-0.4, -0.2) is 17.0 Å². The molecule has 144 valence electrons. The largest absolute Gasteiger partial charge is 0.434 e. The number of aromatic nitrogens is 1. The molecule has 0 amide bonds. The maximum Gasteiger partial charge on any atom is 0.387 e. The van der Waals surface area contributed by atoms with E-state index in [-0.39, 0.29) is 17.1 Å². The highest BCUT2D eigenvalue weighted by Gasteiger charge is 2.10. The Bertz CT molecular complexity index is 1190. The number of benzene rings is 2. The van der Waals surface area contributed by atoms with E-state index in [9.17, 15) is 18.4 Å². The summed E-state index contributed by atoms with van der Waals surface area (Å²) in [6, 6.07) is 13.4. The standard InChI is InChI=1S/C21H17F2NO3S/c1-13-7-3-5-9-15(13)16(25)12-19-24(2)20(26)18(28-19)11-14-8-4-6-10-17(14)27-21(22)23/h3-12,21H,1-2H3/b18-11-,19-12-. The molecule has 28 heavy (non-hydrogen) atoms. The molecule has 1 aromatic heterocycles. The van der Waals surface area contributed by atoms with Crippen LogP contribution in [0.2, 0.25) is 0 Å². The highest BCUT2D eigenvalue weighted by Crippen LogP contribution is 2.20. The van der Waals surface area contributed by atoms with Crippen LogP contribution >= 0.6 is 11.3 Å². The molecule has 0 atom stereocenters. The second kappa shape index (κ2) is 8.31. The molecule has 0 bridgehead atoms. The van der Waals surface area contributed by atoms with Gasteiger partial charge in [-0.15, -0.1) is 11.3 Å². The van der Waals surface area contributed by atoms with Crippen LogP contribution in [0, 0.1) is 6.92 Å². The Morgan fingerprint density at radius 3 is 2.54 bits per heavy atom. The van der Waals surface area contributed by atoms with Crippen molar-refractivity contribution in [2.45, 2.75) is 13.5 Å². The summed E-state index contributed by atoms with van der Waals surface area (Å²) >= 11 is 1.11. The first-order chi connectivity index (χ1) is 13.4. The van der Waals surface area contributed by atoms with Crippen molar-refractivity contribution in [2.75, 3.05) is 0 Å². The number of hydrogen-bond donors (Lipinski definition) is 0. The predicted molar refractivity (Wildman–Crippen MR) is 105 cm³/mol. The lowest BCUT2D eigenvalue weighted by Gasteiger charge is -2.06. The maximum atomic E-state index is 12.6. The fourth-order valence-corrected chi connectivity index (χ4v) is 3.71. The Labute approximate surface area is 163 Å². The summed E-state index contributed by atoms with van der Waals surface area (Å²) in [5.74, 6) is -0.225. The SMILES string of the molecule is Cc1ccccc1C(=O)/C=c1\s/c(=C\c2ccccc2OC(F)F)c(=O)n1C. The summed E-state index contributed by atoms with van der Waals surface area (Å²) in [6.45, 7) is -1.12. The Kier molecular flexibility index (Phi) is 5.84. The number of halogens is 2. The second-order valence-corrected chi connectivity index (χ2v) is 7.12. The number of ether oxygens (including phenoxy) is 1. The molecule has 0 spiro atoms. The maximum absolute atomic E-state index is 12.6. The predicted octanol–water partition coefficient (Wildman–Crippen LogP) is 2.85. The number of Topliss-reactive ketones (excluding diaryl/α,β-unsaturated/α-hetero) is 1. The van der Waals surface area contributed by atoms with Crippen LogP contribution in [-0.2, 0) is 7.05 Å². The number of aryl methyl sites for hydroxylation is 1. The highest BCUT2D eigenvalue weighted by atomic mass is 32.1. The molecule has 0 N–H and O–H groups in total. The summed E-state index contributed by atoms with van der Waals surface area (Å²) in [5.41, 5.74) is 1.44. The van der Waals surface area contributed by atoms with E-state index in [1.807, 2.05) is 19.1 Å². The van der Waals surface area contributed by atoms with E-state index in [0.717, 1.165) is 16.9 Å². The Morgan fingerprint density at radius 1 is 1.14 bits per heavy atom. The molecule has 0 saturated carbocycles. The molecule has 0 aliphatic rings. The molecule has 3 aromatic rings. The zero-order valence-corrected chi connectivity index (χ0v) is 16.0. The molecule has 0 fully saturated rings. The quantitative estimate of drug-likeness (QED) is 0.618. The second-order valence-electron chi connectivity index (χ2n) is 6.05. The Balaban J connectivity index is 2.08. The molecule has 7 heteroatoms. The lowest BCUT2D eigenvalue weighted by Crippen LogP contribution is -2.29. The van der Waals surface area contributed by atoms with Gasteiger partial charge in [-0.3, -0.25) is 9.59 Å². The van der Waals surface area contributed by atoms with E-state index < -0.39 is 6.61 Å². The number of hydrogen-bond acceptors (Lipinski definition) is 4. The molecule has 3 rings (SSSR count). The summed E-state index contributed by atoms with van der Waals surface area (Å²) in [6.07, 6.45) is 2.90. The van der Waals surface area contributed by atoms with Crippen molar-refractivity contribution < 1.29 is 18.3 Å². The molecular formula is C21H17F2NO3S. The lowest BCUT2D eigenvalue weighted by molar-refractivity contribution is -0.0499. The number of nitrogens with zero attached hydrogens (tertiary/aromatic N) is 1. The van der Waals surface area contributed by atoms with Gasteiger partial charge >= 0.3 is 6.61 Å². The number of alkyl halides is 2. The van der Waals surface area contributed by atoms with Gasteiger partial charge in [0.15, 0.2) is 5.78 Å². The minimum absolute atomic E-state index is 0.0190. The van der Waals surface area contributed by atoms with Gasteiger partial charge in [-0.1, -0.05) is 42.5 Å². The highest BCUT2D eigenvalue weighted by molar-refractivity contribution is 7.07. The fraction of sp³-hybridized carbons (Fsp3) is 0.143. The monoisotopic (exact) mass is 401 g/mol. The summed E-state index contributed by atoms with van der Waals surface area (Å²) in [4.78, 5) is 25.1. The lowest BCUT2D eigenvalue weighted by atomic mass is 10.1. The molecule has 0 radical (unpaired) electrons. The van der Waals surface area contributed by atoms with Crippen LogP contribution in [0.5, 0.6) is 5.75 Å². The van der Waals surface area contributed by atoms with Crippen LogP contribution in [0.3, 0.4) is 0 Å². The molecule has 0 saturated heterocycles. The number of rotatable bonds is 5. The van der Waals surface area contributed by atoms with E-state index in [4.69, 9.17) is 0 Å². The van der Waals surface area contributed by atoms with Gasteiger partial charge in [-0.05, 0) is 24.6 Å². The average Bonchev–Trinajstić information content (AvgIpc) is 2.91. The number of carbonyl (C=O) groups excluding carboxylic acids is 1. The van der Waals surface area contributed by atoms with Gasteiger partial charge in [0, 0.05) is 24.3 Å². The summed E-state index contributed by atoms with van der Waals surface area (Å²) < 4.78 is 31.8. The first-order valence-corrected chi connectivity index (χ1v) is 9.21. The van der Waals surface area contributed by atoms with Crippen molar-refractivity contribution in [1.29, 1.82) is 0 Å². The minimum atomic E-state index is -2.96. The van der Waals surface area contributed by atoms with Gasteiger partial charge in [0.2, 0.25) is 0 Å². The van der Waals surface area contributed by atoms with Gasteiger partial charge in [0.1, 0.15) is 10.4 Å². The van der Waals surface area contributed by atoms with Crippen LogP contribution in [0.1, 0.15) is 21.5 Å². The summed E-state index contributed by atoms with van der Waals surface area (Å²) in [7, 11) is 1.56. The fourth-order valence-electron chi connectivity index (χ4n) is 2.69. The van der Waals surface area contributed by atoms with E-state index in [1.54, 1.807) is 37.4 Å². The van der Waals surface area contributed by atoms with Crippen LogP contribution in [0.4, 0.5) is 8.78 Å². The smallest absolute Gasteiger partial charge is 0.387 e. The molecule has 0 aliphatic heterocycles. The van der Waals surface area contributed by atoms with Gasteiger partial charge in [-0.25, -0.2) is 0 Å². The van der Waals surface area contributed by atoms with Crippen LogP contribution in [0.25, 0.3) is 12.2 Å². The summed E-state index contributed by atoms with van der Waals surface area (Å²) in [5, 5.41) is 0. The number of para-hydroxylation sites is 1. The van der Waals surface area contributed by atoms with Gasteiger partial charge in [0.25, 0.3) is 5.56 Å². The normalized spacial score (nSPS) is 12.6. The van der Waals surface area contributed by atoms with Crippen molar-refractivity contribution in [3.8, 4) is 5.75 Å². The van der Waals surface area contributed by atoms with Crippen molar-refractivity contribution >= 4 is 29.3 Å². The first kappa shape index (κ1) is 19.7. The van der Waals surface area contributed by atoms with Crippen molar-refractivity contribution in [3.63, 3.8) is 0 Å². The van der Waals surface area contributed by atoms with Crippen molar-refractivity contribution in [3.05, 3.63) is 84.8 Å². The Hall–Kier alpha value is -3.06. The third kappa shape index (κ3) is 4.26. The molecule has 0 aliphatic carbocycles. The number of ketones is 1. The molecular weight excluding hydrogens is 384 g/mol. The zero-order valence-electron chi connectivity index (χ0n) is 15.2. The minimum Gasteiger partial charge on any atom is -0.434 e. The molecule has 1 heterocycles. The first-order valence-electron chi connectivity index (χ1n) is 8.40. The molecule has 0 unspecified atom stereocenters. The van der Waals surface area contributed by atoms with E-state index in [2.05, 4.69) is 4.74 Å². The average molecular weight is 401 g/mol. The Morgan fingerprint density at radius 2 is 1.82 bits per heavy atom. The molecule has 2 aromatic carbocycles. The van der Waals surface area contributed by atoms with Gasteiger partial charge in [0.05, 0.1) is 4.53 Å². The number of carbonyl (C=O) groups is 1. The van der Waals surface area contributed by atoms with E-state index in [0.29, 0.717) is 20.3 Å². The van der Waals surface area contributed by atoms with Crippen molar-refractivity contribution in [1.82, 2.24) is 4.57 Å². The number of thiazole rings is 1. The van der Waals surface area contributed by atoms with Gasteiger partial charge in [-0.2, -0.15) is 8.78 Å².